The first-order chi connectivity index (χ1) is 12.9. The van der Waals surface area contributed by atoms with Crippen molar-refractivity contribution in [1.82, 2.24) is 0 Å². The van der Waals surface area contributed by atoms with E-state index in [0.717, 1.165) is 39.3 Å². The van der Waals surface area contributed by atoms with Gasteiger partial charge in [0.2, 0.25) is 0 Å². The lowest BCUT2D eigenvalue weighted by atomic mass is 9.84. The van der Waals surface area contributed by atoms with E-state index in [-0.39, 0.29) is 0 Å². The number of rotatable bonds is 2. The van der Waals surface area contributed by atoms with E-state index in [1.54, 1.807) is 7.11 Å². The number of hydrogen-bond donors (Lipinski definition) is 1. The van der Waals surface area contributed by atoms with Gasteiger partial charge >= 0.3 is 6.09 Å². The van der Waals surface area contributed by atoms with E-state index < -0.39 is 17.3 Å². The number of nitrogens with one attached hydrogen (secondary N) is 1. The second kappa shape index (κ2) is 6.73. The number of benzene rings is 2. The maximum absolute atomic E-state index is 12.2. The Morgan fingerprint density at radius 3 is 2.29 bits per heavy atom. The Hall–Kier alpha value is -2.69. The number of hydrogen-bond acceptors (Lipinski definition) is 4. The quantitative estimate of drug-likeness (QED) is 0.696. The number of fused-ring (bicyclic) bond motifs is 3. The van der Waals surface area contributed by atoms with Crippen LogP contribution in [0.1, 0.15) is 51.3 Å². The summed E-state index contributed by atoms with van der Waals surface area (Å²) in [4.78, 5) is 12.2. The summed E-state index contributed by atoms with van der Waals surface area (Å²) in [6, 6.07) is 8.11. The Bertz CT molecular complexity index is 939. The van der Waals surface area contributed by atoms with Crippen molar-refractivity contribution >= 4 is 11.8 Å². The van der Waals surface area contributed by atoms with Crippen LogP contribution in [0.25, 0.3) is 11.1 Å². The highest BCUT2D eigenvalue weighted by atomic mass is 16.6. The lowest BCUT2D eigenvalue weighted by molar-refractivity contribution is 0.0636. The van der Waals surface area contributed by atoms with Crippen molar-refractivity contribution in [3.8, 4) is 22.6 Å². The number of aryl methyl sites for hydroxylation is 2. The molecule has 0 aliphatic carbocycles. The first-order valence-electron chi connectivity index (χ1n) is 9.44. The Morgan fingerprint density at radius 1 is 1.04 bits per heavy atom. The fourth-order valence-electron chi connectivity index (χ4n) is 3.49. The molecule has 1 aliphatic heterocycles. The summed E-state index contributed by atoms with van der Waals surface area (Å²) in [5.41, 5.74) is 4.81. The van der Waals surface area contributed by atoms with Gasteiger partial charge in [-0.25, -0.2) is 4.79 Å². The van der Waals surface area contributed by atoms with Crippen LogP contribution in [-0.4, -0.2) is 18.8 Å². The molecule has 0 fully saturated rings. The number of carbonyl (C=O) groups excluding carboxylic acids is 1. The summed E-state index contributed by atoms with van der Waals surface area (Å²) < 4.78 is 17.2. The third-order valence-corrected chi connectivity index (χ3v) is 4.80. The summed E-state index contributed by atoms with van der Waals surface area (Å²) in [5, 5.41) is 2.84. The Balaban J connectivity index is 2.06. The molecule has 0 radical (unpaired) electrons. The predicted octanol–water partition coefficient (Wildman–Crippen LogP) is 5.95. The molecule has 2 aromatic carbocycles. The molecule has 1 amide bonds. The lowest BCUT2D eigenvalue weighted by Gasteiger charge is -2.36. The molecule has 0 saturated heterocycles. The van der Waals surface area contributed by atoms with Gasteiger partial charge in [-0.05, 0) is 83.4 Å². The van der Waals surface area contributed by atoms with E-state index in [1.807, 2.05) is 60.6 Å². The predicted molar refractivity (Wildman–Crippen MR) is 111 cm³/mol. The van der Waals surface area contributed by atoms with Gasteiger partial charge in [-0.2, -0.15) is 0 Å². The molecule has 0 aromatic heterocycles. The molecule has 5 heteroatoms. The molecule has 0 spiro atoms. The van der Waals surface area contributed by atoms with E-state index in [9.17, 15) is 4.79 Å². The minimum atomic E-state index is -0.555. The van der Waals surface area contributed by atoms with Crippen LogP contribution in [0, 0.1) is 13.8 Å². The Kier molecular flexibility index (Phi) is 4.82. The highest BCUT2D eigenvalue weighted by Gasteiger charge is 2.34. The zero-order valence-electron chi connectivity index (χ0n) is 17.9. The molecular formula is C23H29NO4. The number of methoxy groups -OCH3 is 1. The fraction of sp³-hybridized carbons (Fsp3) is 0.435. The van der Waals surface area contributed by atoms with Crippen LogP contribution in [0.4, 0.5) is 10.5 Å². The average Bonchev–Trinajstić information content (AvgIpc) is 2.54. The molecule has 0 unspecified atom stereocenters. The first kappa shape index (κ1) is 20.1. The average molecular weight is 383 g/mol. The maximum Gasteiger partial charge on any atom is 0.412 e. The van der Waals surface area contributed by atoms with Crippen LogP contribution < -0.4 is 14.8 Å². The van der Waals surface area contributed by atoms with Crippen molar-refractivity contribution in [3.63, 3.8) is 0 Å². The summed E-state index contributed by atoms with van der Waals surface area (Å²) in [5.74, 6) is 1.58. The van der Waals surface area contributed by atoms with Gasteiger partial charge in [0.25, 0.3) is 0 Å². The minimum absolute atomic E-state index is 0.480. The van der Waals surface area contributed by atoms with Crippen molar-refractivity contribution in [2.24, 2.45) is 0 Å². The van der Waals surface area contributed by atoms with Gasteiger partial charge in [0.15, 0.2) is 0 Å². The van der Waals surface area contributed by atoms with Crippen molar-refractivity contribution < 1.29 is 19.0 Å². The summed E-state index contributed by atoms with van der Waals surface area (Å²) in [6.45, 7) is 13.6. The zero-order chi connectivity index (χ0) is 20.9. The van der Waals surface area contributed by atoms with Crippen LogP contribution in [0.5, 0.6) is 11.5 Å². The topological polar surface area (TPSA) is 56.8 Å². The van der Waals surface area contributed by atoms with Crippen molar-refractivity contribution in [2.45, 2.75) is 59.7 Å². The largest absolute Gasteiger partial charge is 0.496 e. The highest BCUT2D eigenvalue weighted by Crippen LogP contribution is 2.48. The van der Waals surface area contributed by atoms with Crippen LogP contribution >= 0.6 is 0 Å². The number of anilines is 1. The Morgan fingerprint density at radius 2 is 1.68 bits per heavy atom. The molecule has 28 heavy (non-hydrogen) atoms. The molecule has 2 aromatic rings. The van der Waals surface area contributed by atoms with Gasteiger partial charge < -0.3 is 14.2 Å². The van der Waals surface area contributed by atoms with E-state index in [2.05, 4.69) is 17.4 Å². The van der Waals surface area contributed by atoms with Gasteiger partial charge in [-0.1, -0.05) is 0 Å². The van der Waals surface area contributed by atoms with Crippen molar-refractivity contribution in [3.05, 3.63) is 41.0 Å². The number of ether oxygens (including phenoxy) is 3. The monoisotopic (exact) mass is 383 g/mol. The molecule has 150 valence electrons. The van der Waals surface area contributed by atoms with Gasteiger partial charge in [-0.15, -0.1) is 0 Å². The SMILES string of the molecule is COc1cc2c(cc1C)-c1cc(C)c(NC(=O)OC(C)(C)C)cc1OC2(C)C. The van der Waals surface area contributed by atoms with Crippen LogP contribution in [0.15, 0.2) is 24.3 Å². The molecule has 0 bridgehead atoms. The zero-order valence-corrected chi connectivity index (χ0v) is 17.9. The van der Waals surface area contributed by atoms with E-state index >= 15 is 0 Å². The van der Waals surface area contributed by atoms with Crippen LogP contribution in [-0.2, 0) is 10.3 Å². The van der Waals surface area contributed by atoms with E-state index in [4.69, 9.17) is 14.2 Å². The second-order valence-electron chi connectivity index (χ2n) is 8.77. The molecule has 5 nitrogen and oxygen atoms in total. The van der Waals surface area contributed by atoms with Gasteiger partial charge in [0.05, 0.1) is 12.8 Å². The van der Waals surface area contributed by atoms with E-state index in [1.165, 1.54) is 0 Å². The third kappa shape index (κ3) is 3.79. The van der Waals surface area contributed by atoms with Gasteiger partial charge in [0, 0.05) is 17.2 Å². The second-order valence-corrected chi connectivity index (χ2v) is 8.77. The summed E-state index contributed by atoms with van der Waals surface area (Å²) in [6.07, 6.45) is -0.480. The molecule has 0 saturated carbocycles. The molecule has 1 aliphatic rings. The van der Waals surface area contributed by atoms with Gasteiger partial charge in [0.1, 0.15) is 22.7 Å². The van der Waals surface area contributed by atoms with Crippen LogP contribution in [0.2, 0.25) is 0 Å². The number of carbonyl (C=O) groups is 1. The van der Waals surface area contributed by atoms with Gasteiger partial charge in [-0.3, -0.25) is 5.32 Å². The summed E-state index contributed by atoms with van der Waals surface area (Å²) in [7, 11) is 1.68. The van der Waals surface area contributed by atoms with Crippen LogP contribution in [0.3, 0.4) is 0 Å². The molecular weight excluding hydrogens is 354 g/mol. The fourth-order valence-corrected chi connectivity index (χ4v) is 3.49. The van der Waals surface area contributed by atoms with Crippen molar-refractivity contribution in [2.75, 3.05) is 12.4 Å². The molecule has 1 heterocycles. The first-order valence-corrected chi connectivity index (χ1v) is 9.44. The minimum Gasteiger partial charge on any atom is -0.496 e. The lowest BCUT2D eigenvalue weighted by Crippen LogP contribution is -2.30. The number of amides is 1. The molecule has 0 atom stereocenters. The normalized spacial score (nSPS) is 14.4. The standard InChI is InChI=1S/C23H29NO4/c1-13-9-16-15-10-14(2)19(26-8)11-17(15)23(6,7)27-20(16)12-18(13)24-21(25)28-22(3,4)5/h9-12H,1-8H3,(H,24,25). The smallest absolute Gasteiger partial charge is 0.412 e. The maximum atomic E-state index is 12.2. The molecule has 3 rings (SSSR count). The Labute approximate surface area is 167 Å². The summed E-state index contributed by atoms with van der Waals surface area (Å²) >= 11 is 0. The van der Waals surface area contributed by atoms with E-state index in [0.29, 0.717) is 5.69 Å². The highest BCUT2D eigenvalue weighted by molar-refractivity contribution is 5.89. The van der Waals surface area contributed by atoms with Crippen molar-refractivity contribution in [1.29, 1.82) is 0 Å². The third-order valence-electron chi connectivity index (χ3n) is 4.80. The molecule has 1 N–H and O–H groups in total.